The van der Waals surface area contributed by atoms with Gasteiger partial charge in [0.1, 0.15) is 0 Å². The van der Waals surface area contributed by atoms with E-state index in [0.717, 1.165) is 0 Å². The van der Waals surface area contributed by atoms with Crippen LogP contribution in [0.3, 0.4) is 0 Å². The Labute approximate surface area is 101 Å². The van der Waals surface area contributed by atoms with E-state index in [1.54, 1.807) is 0 Å². The molecule has 0 N–H and O–H groups in total. The standard InChI is InChI=1S/C9H19BrO4Si/c1-4-12-15(7-10)13-8(2)5-11-6-9(3)14-15/h8-9H,4-7H2,1-3H3. The van der Waals surface area contributed by atoms with Gasteiger partial charge < -0.3 is 18.0 Å². The van der Waals surface area contributed by atoms with Crippen molar-refractivity contribution >= 4 is 24.7 Å². The van der Waals surface area contributed by atoms with Crippen LogP contribution in [-0.2, 0) is 18.0 Å². The first-order chi connectivity index (χ1) is 7.12. The van der Waals surface area contributed by atoms with E-state index in [1.165, 1.54) is 0 Å². The lowest BCUT2D eigenvalue weighted by atomic mass is 10.4. The van der Waals surface area contributed by atoms with Gasteiger partial charge in [-0.2, -0.15) is 0 Å². The van der Waals surface area contributed by atoms with Gasteiger partial charge in [-0.15, -0.1) is 0 Å². The van der Waals surface area contributed by atoms with E-state index in [9.17, 15) is 0 Å². The third-order valence-electron chi connectivity index (χ3n) is 1.99. The fraction of sp³-hybridized carbons (Fsp3) is 1.00. The monoisotopic (exact) mass is 298 g/mol. The van der Waals surface area contributed by atoms with Crippen LogP contribution in [-0.4, -0.2) is 45.8 Å². The average Bonchev–Trinajstić information content (AvgIpc) is 2.15. The molecule has 0 aromatic carbocycles. The summed E-state index contributed by atoms with van der Waals surface area (Å²) in [5.74, 6) is 0. The predicted octanol–water partition coefficient (Wildman–Crippen LogP) is 1.74. The van der Waals surface area contributed by atoms with Crippen molar-refractivity contribution in [1.82, 2.24) is 0 Å². The molecular formula is C9H19BrO4Si. The molecule has 0 aromatic rings. The minimum Gasteiger partial charge on any atom is -0.376 e. The van der Waals surface area contributed by atoms with Gasteiger partial charge >= 0.3 is 8.80 Å². The van der Waals surface area contributed by atoms with Crippen molar-refractivity contribution in [3.63, 3.8) is 0 Å². The predicted molar refractivity (Wildman–Crippen MR) is 63.1 cm³/mol. The molecule has 0 amide bonds. The minimum atomic E-state index is -2.53. The van der Waals surface area contributed by atoms with Crippen LogP contribution in [0, 0.1) is 0 Å². The SMILES string of the molecule is CCO[Si]1(CBr)OC(C)COCC(C)O1. The van der Waals surface area contributed by atoms with Crippen molar-refractivity contribution in [1.29, 1.82) is 0 Å². The first-order valence-electron chi connectivity index (χ1n) is 5.25. The van der Waals surface area contributed by atoms with Crippen molar-refractivity contribution in [3.8, 4) is 0 Å². The molecule has 0 aromatic heterocycles. The van der Waals surface area contributed by atoms with Crippen molar-refractivity contribution in [2.24, 2.45) is 0 Å². The van der Waals surface area contributed by atoms with Gasteiger partial charge in [0.2, 0.25) is 0 Å². The van der Waals surface area contributed by atoms with Gasteiger partial charge in [-0.25, -0.2) is 0 Å². The van der Waals surface area contributed by atoms with Crippen LogP contribution in [0.2, 0.25) is 0 Å². The van der Waals surface area contributed by atoms with Crippen LogP contribution >= 0.6 is 15.9 Å². The fourth-order valence-electron chi connectivity index (χ4n) is 1.50. The van der Waals surface area contributed by atoms with Crippen LogP contribution in [0.4, 0.5) is 0 Å². The van der Waals surface area contributed by atoms with Gasteiger partial charge in [0.05, 0.1) is 30.4 Å². The first kappa shape index (κ1) is 13.6. The van der Waals surface area contributed by atoms with E-state index < -0.39 is 8.80 Å². The van der Waals surface area contributed by atoms with Gasteiger partial charge in [-0.1, -0.05) is 15.9 Å². The van der Waals surface area contributed by atoms with Gasteiger partial charge in [0.15, 0.2) is 0 Å². The molecule has 1 aliphatic rings. The molecule has 6 heteroatoms. The molecule has 1 aliphatic heterocycles. The summed E-state index contributed by atoms with van der Waals surface area (Å²) < 4.78 is 22.8. The van der Waals surface area contributed by atoms with E-state index in [-0.39, 0.29) is 12.2 Å². The smallest absolute Gasteiger partial charge is 0.376 e. The summed E-state index contributed by atoms with van der Waals surface area (Å²) in [7, 11) is -2.53. The first-order valence-corrected chi connectivity index (χ1v) is 8.30. The number of hydrogen-bond donors (Lipinski definition) is 0. The molecule has 2 unspecified atom stereocenters. The quantitative estimate of drug-likeness (QED) is 0.587. The summed E-state index contributed by atoms with van der Waals surface area (Å²) in [5, 5.41) is 0. The molecule has 15 heavy (non-hydrogen) atoms. The van der Waals surface area contributed by atoms with Crippen LogP contribution in [0.25, 0.3) is 0 Å². The second kappa shape index (κ2) is 6.32. The molecule has 0 spiro atoms. The largest absolute Gasteiger partial charge is 0.512 e. The molecular weight excluding hydrogens is 280 g/mol. The Kier molecular flexibility index (Phi) is 5.73. The Balaban J connectivity index is 2.69. The minimum absolute atomic E-state index is 0.0215. The van der Waals surface area contributed by atoms with Gasteiger partial charge in [-0.3, -0.25) is 0 Å². The van der Waals surface area contributed by atoms with E-state index in [1.807, 2.05) is 20.8 Å². The van der Waals surface area contributed by atoms with Crippen LogP contribution in [0.15, 0.2) is 0 Å². The molecule has 1 saturated heterocycles. The molecule has 0 aliphatic carbocycles. The summed E-state index contributed by atoms with van der Waals surface area (Å²) in [4.78, 5) is 0.628. The lowest BCUT2D eigenvalue weighted by Gasteiger charge is -2.35. The number of ether oxygens (including phenoxy) is 1. The third-order valence-corrected chi connectivity index (χ3v) is 6.63. The van der Waals surface area contributed by atoms with Crippen molar-refractivity contribution in [3.05, 3.63) is 0 Å². The highest BCUT2D eigenvalue weighted by atomic mass is 79.9. The second-order valence-electron chi connectivity index (χ2n) is 3.64. The molecule has 1 heterocycles. The maximum atomic E-state index is 5.86. The van der Waals surface area contributed by atoms with Gasteiger partial charge in [0, 0.05) is 6.61 Å². The lowest BCUT2D eigenvalue weighted by molar-refractivity contribution is -0.0687. The Morgan fingerprint density at radius 3 is 2.20 bits per heavy atom. The lowest BCUT2D eigenvalue weighted by Crippen LogP contribution is -2.54. The van der Waals surface area contributed by atoms with Gasteiger partial charge in [-0.05, 0) is 20.8 Å². The highest BCUT2D eigenvalue weighted by Crippen LogP contribution is 2.20. The summed E-state index contributed by atoms with van der Waals surface area (Å²) in [6.45, 7) is 7.71. The summed E-state index contributed by atoms with van der Waals surface area (Å²) >= 11 is 3.43. The van der Waals surface area contributed by atoms with Crippen molar-refractivity contribution in [2.75, 3.05) is 24.8 Å². The Bertz CT molecular complexity index is 181. The molecule has 1 rings (SSSR count). The van der Waals surface area contributed by atoms with Crippen LogP contribution in [0.1, 0.15) is 20.8 Å². The summed E-state index contributed by atoms with van der Waals surface area (Å²) in [6, 6.07) is 0. The average molecular weight is 299 g/mol. The van der Waals surface area contributed by atoms with Gasteiger partial charge in [0.25, 0.3) is 0 Å². The van der Waals surface area contributed by atoms with E-state index in [0.29, 0.717) is 24.8 Å². The highest BCUT2D eigenvalue weighted by Gasteiger charge is 2.44. The zero-order valence-electron chi connectivity index (χ0n) is 9.49. The molecule has 0 radical (unpaired) electrons. The maximum absolute atomic E-state index is 5.86. The van der Waals surface area contributed by atoms with E-state index in [4.69, 9.17) is 18.0 Å². The summed E-state index contributed by atoms with van der Waals surface area (Å²) in [5.41, 5.74) is 0. The van der Waals surface area contributed by atoms with Crippen molar-refractivity contribution in [2.45, 2.75) is 33.0 Å². The number of hydrogen-bond acceptors (Lipinski definition) is 4. The fourth-order valence-corrected chi connectivity index (χ4v) is 4.97. The van der Waals surface area contributed by atoms with Crippen molar-refractivity contribution < 1.29 is 18.0 Å². The molecule has 0 bridgehead atoms. The Morgan fingerprint density at radius 1 is 1.27 bits per heavy atom. The molecule has 4 nitrogen and oxygen atoms in total. The molecule has 0 saturated carbocycles. The zero-order valence-corrected chi connectivity index (χ0v) is 12.1. The molecule has 1 fully saturated rings. The highest BCUT2D eigenvalue weighted by molar-refractivity contribution is 9.09. The second-order valence-corrected chi connectivity index (χ2v) is 7.72. The Hall–Kier alpha value is 0.537. The maximum Gasteiger partial charge on any atom is 0.512 e. The number of rotatable bonds is 3. The van der Waals surface area contributed by atoms with E-state index >= 15 is 0 Å². The third kappa shape index (κ3) is 4.12. The normalized spacial score (nSPS) is 38.4. The zero-order chi connectivity index (χ0) is 11.3. The number of halogens is 1. The van der Waals surface area contributed by atoms with Crippen LogP contribution < -0.4 is 0 Å². The molecule has 2 atom stereocenters. The topological polar surface area (TPSA) is 36.9 Å². The summed E-state index contributed by atoms with van der Waals surface area (Å²) in [6.07, 6.45) is 0.0431. The van der Waals surface area contributed by atoms with Crippen LogP contribution in [0.5, 0.6) is 0 Å². The number of alkyl halides is 1. The Morgan fingerprint density at radius 2 is 1.80 bits per heavy atom. The van der Waals surface area contributed by atoms with E-state index in [2.05, 4.69) is 15.9 Å². The molecule has 90 valence electrons.